The summed E-state index contributed by atoms with van der Waals surface area (Å²) in [6, 6.07) is 18.6. The molecule has 0 radical (unpaired) electrons. The van der Waals surface area contributed by atoms with Crippen molar-refractivity contribution in [2.24, 2.45) is 0 Å². The highest BCUT2D eigenvalue weighted by Crippen LogP contribution is 2.23. The number of aromatic nitrogens is 1. The molecule has 0 aliphatic carbocycles. The molecule has 4 aromatic rings. The van der Waals surface area contributed by atoms with Crippen molar-refractivity contribution in [3.05, 3.63) is 94.3 Å². The lowest BCUT2D eigenvalue weighted by Gasteiger charge is -2.15. The second-order valence-electron chi connectivity index (χ2n) is 8.25. The molecular weight excluding hydrogens is 464 g/mol. The Balaban J connectivity index is 1.81. The van der Waals surface area contributed by atoms with Gasteiger partial charge in [0.2, 0.25) is 21.2 Å². The monoisotopic (exact) mass is 490 g/mol. The van der Waals surface area contributed by atoms with E-state index in [0.29, 0.717) is 23.4 Å². The van der Waals surface area contributed by atoms with Gasteiger partial charge in [-0.1, -0.05) is 36.8 Å². The third kappa shape index (κ3) is 4.97. The number of anilines is 1. The zero-order valence-electron chi connectivity index (χ0n) is 19.7. The molecule has 0 atom stereocenters. The minimum absolute atomic E-state index is 0.0265. The van der Waals surface area contributed by atoms with Crippen molar-refractivity contribution in [2.45, 2.75) is 36.6 Å². The van der Waals surface area contributed by atoms with E-state index in [9.17, 15) is 18.0 Å². The highest BCUT2D eigenvalue weighted by molar-refractivity contribution is 7.91. The van der Waals surface area contributed by atoms with Crippen LogP contribution in [-0.2, 0) is 27.6 Å². The van der Waals surface area contributed by atoms with Crippen LogP contribution in [0.4, 0.5) is 5.69 Å². The van der Waals surface area contributed by atoms with Crippen LogP contribution >= 0.6 is 0 Å². The number of hydrogen-bond acceptors (Lipinski definition) is 5. The summed E-state index contributed by atoms with van der Waals surface area (Å²) < 4.78 is 33.6. The van der Waals surface area contributed by atoms with Gasteiger partial charge in [-0.05, 0) is 55.3 Å². The minimum Gasteiger partial charge on any atom is -0.497 e. The number of sulfone groups is 1. The lowest BCUT2D eigenvalue weighted by molar-refractivity contribution is -0.116. The number of carbonyl (C=O) groups is 1. The van der Waals surface area contributed by atoms with Gasteiger partial charge >= 0.3 is 0 Å². The zero-order chi connectivity index (χ0) is 25.2. The molecular formula is C27H26N2O5S. The molecule has 1 heterocycles. The summed E-state index contributed by atoms with van der Waals surface area (Å²) in [4.78, 5) is 25.9. The quantitative estimate of drug-likeness (QED) is 0.416. The predicted octanol–water partition coefficient (Wildman–Crippen LogP) is 4.35. The minimum atomic E-state index is -4.11. The first-order chi connectivity index (χ1) is 16.7. The lowest BCUT2D eigenvalue weighted by Crippen LogP contribution is -2.24. The topological polar surface area (TPSA) is 94.5 Å². The molecule has 0 fully saturated rings. The van der Waals surface area contributed by atoms with E-state index >= 15 is 0 Å². The van der Waals surface area contributed by atoms with Crippen molar-refractivity contribution in [2.75, 3.05) is 12.4 Å². The number of nitrogens with one attached hydrogen (secondary N) is 1. The van der Waals surface area contributed by atoms with E-state index in [1.165, 1.54) is 30.0 Å². The fraction of sp³-hybridized carbons (Fsp3) is 0.185. The lowest BCUT2D eigenvalue weighted by atomic mass is 10.1. The fourth-order valence-electron chi connectivity index (χ4n) is 3.86. The van der Waals surface area contributed by atoms with Gasteiger partial charge in [0.25, 0.3) is 0 Å². The number of fused-ring (bicyclic) bond motifs is 1. The predicted molar refractivity (Wildman–Crippen MR) is 136 cm³/mol. The van der Waals surface area contributed by atoms with Crippen molar-refractivity contribution in [1.29, 1.82) is 0 Å². The summed E-state index contributed by atoms with van der Waals surface area (Å²) in [7, 11) is -2.57. The van der Waals surface area contributed by atoms with Crippen LogP contribution in [0.25, 0.3) is 10.9 Å². The molecule has 7 nitrogen and oxygen atoms in total. The van der Waals surface area contributed by atoms with Crippen molar-refractivity contribution in [1.82, 2.24) is 4.57 Å². The summed E-state index contributed by atoms with van der Waals surface area (Å²) in [5.41, 5.74) is 2.24. The van der Waals surface area contributed by atoms with Crippen LogP contribution in [-0.4, -0.2) is 26.0 Å². The Hall–Kier alpha value is -3.91. The molecule has 180 valence electrons. The number of nitrogens with zero attached hydrogens (tertiary/aromatic N) is 1. The van der Waals surface area contributed by atoms with E-state index < -0.39 is 15.3 Å². The SMILES string of the molecule is CCc1ccc2c(c1)c(=O)c(S(=O)(=O)c1ccc(C)cc1)cn2CC(=O)Nc1cccc(OC)c1. The molecule has 4 rings (SSSR count). The molecule has 35 heavy (non-hydrogen) atoms. The number of amides is 1. The van der Waals surface area contributed by atoms with Crippen molar-refractivity contribution in [3.8, 4) is 5.75 Å². The number of rotatable bonds is 7. The maximum atomic E-state index is 13.4. The van der Waals surface area contributed by atoms with Gasteiger partial charge in [0.15, 0.2) is 0 Å². The summed E-state index contributed by atoms with van der Waals surface area (Å²) in [5.74, 6) is 0.219. The number of aryl methyl sites for hydroxylation is 2. The van der Waals surface area contributed by atoms with Crippen LogP contribution in [0.15, 0.2) is 87.5 Å². The second kappa shape index (κ2) is 9.76. The van der Waals surface area contributed by atoms with E-state index in [4.69, 9.17) is 4.74 Å². The van der Waals surface area contributed by atoms with Crippen molar-refractivity contribution in [3.63, 3.8) is 0 Å². The summed E-state index contributed by atoms with van der Waals surface area (Å²) in [6.07, 6.45) is 1.94. The van der Waals surface area contributed by atoms with E-state index in [0.717, 1.165) is 11.1 Å². The van der Waals surface area contributed by atoms with Gasteiger partial charge in [0.05, 0.1) is 17.5 Å². The van der Waals surface area contributed by atoms with E-state index in [2.05, 4.69) is 5.32 Å². The third-order valence-electron chi connectivity index (χ3n) is 5.81. The third-order valence-corrected chi connectivity index (χ3v) is 7.57. The molecule has 3 aromatic carbocycles. The largest absolute Gasteiger partial charge is 0.497 e. The van der Waals surface area contributed by atoms with Crippen LogP contribution in [0.2, 0.25) is 0 Å². The summed E-state index contributed by atoms with van der Waals surface area (Å²) >= 11 is 0. The van der Waals surface area contributed by atoms with Crippen LogP contribution in [0.3, 0.4) is 0 Å². The van der Waals surface area contributed by atoms with Crippen LogP contribution in [0.1, 0.15) is 18.1 Å². The van der Waals surface area contributed by atoms with Gasteiger partial charge in [0.1, 0.15) is 17.2 Å². The van der Waals surface area contributed by atoms with Gasteiger partial charge < -0.3 is 14.6 Å². The molecule has 1 amide bonds. The first-order valence-electron chi connectivity index (χ1n) is 11.1. The standard InChI is InChI=1S/C27H26N2O5S/c1-4-19-10-13-24-23(14-19)27(31)25(35(32,33)22-11-8-18(2)9-12-22)16-29(24)17-26(30)28-20-6-5-7-21(15-20)34-3/h5-16H,4,17H2,1-3H3,(H,28,30). The Kier molecular flexibility index (Phi) is 6.75. The maximum absolute atomic E-state index is 13.4. The smallest absolute Gasteiger partial charge is 0.244 e. The maximum Gasteiger partial charge on any atom is 0.244 e. The Labute approximate surface area is 203 Å². The average Bonchev–Trinajstić information content (AvgIpc) is 2.85. The van der Waals surface area contributed by atoms with E-state index in [1.807, 2.05) is 19.9 Å². The highest BCUT2D eigenvalue weighted by atomic mass is 32.2. The molecule has 0 spiro atoms. The van der Waals surface area contributed by atoms with E-state index in [1.54, 1.807) is 48.5 Å². The Morgan fingerprint density at radius 3 is 2.46 bits per heavy atom. The number of ether oxygens (including phenoxy) is 1. The van der Waals surface area contributed by atoms with Crippen LogP contribution in [0.5, 0.6) is 5.75 Å². The Morgan fingerprint density at radius 2 is 1.77 bits per heavy atom. The van der Waals surface area contributed by atoms with Crippen LogP contribution < -0.4 is 15.5 Å². The first kappa shape index (κ1) is 24.2. The molecule has 0 unspecified atom stereocenters. The Bertz CT molecular complexity index is 1570. The average molecular weight is 491 g/mol. The number of pyridine rings is 1. The summed E-state index contributed by atoms with van der Waals surface area (Å²) in [5, 5.41) is 3.05. The zero-order valence-corrected chi connectivity index (χ0v) is 20.6. The van der Waals surface area contributed by atoms with Crippen molar-refractivity contribution >= 4 is 32.3 Å². The number of benzene rings is 3. The number of hydrogen-bond donors (Lipinski definition) is 1. The van der Waals surface area contributed by atoms with Crippen molar-refractivity contribution < 1.29 is 17.9 Å². The summed E-state index contributed by atoms with van der Waals surface area (Å²) in [6.45, 7) is 3.62. The normalized spacial score (nSPS) is 11.4. The first-order valence-corrected chi connectivity index (χ1v) is 12.6. The van der Waals surface area contributed by atoms with Crippen LogP contribution in [0, 0.1) is 6.92 Å². The van der Waals surface area contributed by atoms with Gasteiger partial charge in [-0.15, -0.1) is 0 Å². The fourth-order valence-corrected chi connectivity index (χ4v) is 5.23. The van der Waals surface area contributed by atoms with Gasteiger partial charge in [-0.25, -0.2) is 8.42 Å². The number of methoxy groups -OCH3 is 1. The van der Waals surface area contributed by atoms with E-state index in [-0.39, 0.29) is 27.6 Å². The van der Waals surface area contributed by atoms with Gasteiger partial charge in [0, 0.05) is 23.3 Å². The molecule has 0 aliphatic heterocycles. The van der Waals surface area contributed by atoms with Gasteiger partial charge in [-0.3, -0.25) is 9.59 Å². The molecule has 0 bridgehead atoms. The molecule has 8 heteroatoms. The molecule has 0 saturated heterocycles. The highest BCUT2D eigenvalue weighted by Gasteiger charge is 2.24. The molecule has 0 saturated carbocycles. The Morgan fingerprint density at radius 1 is 1.03 bits per heavy atom. The van der Waals surface area contributed by atoms with Gasteiger partial charge in [-0.2, -0.15) is 0 Å². The molecule has 1 N–H and O–H groups in total. The molecule has 1 aromatic heterocycles. The number of carbonyl (C=O) groups excluding carboxylic acids is 1. The molecule has 0 aliphatic rings. The second-order valence-corrected chi connectivity index (χ2v) is 10.2.